The molecule has 1 aromatic rings. The Bertz CT molecular complexity index is 671. The largest absolute Gasteiger partial charge is 0.362 e. The fourth-order valence-electron chi connectivity index (χ4n) is 2.86. The lowest BCUT2D eigenvalue weighted by Gasteiger charge is -2.32. The van der Waals surface area contributed by atoms with Crippen molar-refractivity contribution in [3.63, 3.8) is 0 Å². The van der Waals surface area contributed by atoms with Crippen molar-refractivity contribution in [1.82, 2.24) is 10.2 Å². The topological polar surface area (TPSA) is 52.7 Å². The van der Waals surface area contributed by atoms with Crippen molar-refractivity contribution in [1.29, 1.82) is 0 Å². The van der Waals surface area contributed by atoms with Gasteiger partial charge in [0.1, 0.15) is 0 Å². The van der Waals surface area contributed by atoms with Crippen LogP contribution in [0.15, 0.2) is 12.1 Å². The van der Waals surface area contributed by atoms with Gasteiger partial charge in [-0.15, -0.1) is 0 Å². The van der Waals surface area contributed by atoms with Crippen LogP contribution in [0, 0.1) is 11.6 Å². The van der Waals surface area contributed by atoms with E-state index >= 15 is 0 Å². The Kier molecular flexibility index (Phi) is 5.65. The number of carbonyl (C=O) groups is 2. The highest BCUT2D eigenvalue weighted by atomic mass is 19.2. The molecule has 1 aromatic carbocycles. The number of benzene rings is 1. The number of anilines is 1. The second kappa shape index (κ2) is 7.37. The molecular formula is C18H25F2N3O2. The molecule has 0 fully saturated rings. The monoisotopic (exact) mass is 353 g/mol. The van der Waals surface area contributed by atoms with Gasteiger partial charge in [0.15, 0.2) is 11.6 Å². The van der Waals surface area contributed by atoms with E-state index in [4.69, 9.17) is 0 Å². The molecule has 25 heavy (non-hydrogen) atoms. The number of aryl methyl sites for hydroxylation is 1. The van der Waals surface area contributed by atoms with E-state index < -0.39 is 11.6 Å². The highest BCUT2D eigenvalue weighted by Gasteiger charge is 2.24. The van der Waals surface area contributed by atoms with Crippen LogP contribution in [0.4, 0.5) is 14.5 Å². The zero-order valence-corrected chi connectivity index (χ0v) is 15.2. The Hall–Kier alpha value is -2.18. The van der Waals surface area contributed by atoms with Crippen molar-refractivity contribution in [3.8, 4) is 0 Å². The average Bonchev–Trinajstić information content (AvgIpc) is 2.47. The first kappa shape index (κ1) is 19.1. The van der Waals surface area contributed by atoms with Crippen molar-refractivity contribution in [2.75, 3.05) is 31.6 Å². The first-order valence-corrected chi connectivity index (χ1v) is 8.34. The number of likely N-dealkylation sites (N-methyl/N-ethyl adjacent to an activating group) is 1. The summed E-state index contributed by atoms with van der Waals surface area (Å²) in [6.45, 7) is 6.17. The van der Waals surface area contributed by atoms with Crippen LogP contribution in [0.25, 0.3) is 0 Å². The molecule has 0 aliphatic carbocycles. The number of hydrogen-bond donors (Lipinski definition) is 1. The maximum atomic E-state index is 13.6. The number of halogens is 2. The van der Waals surface area contributed by atoms with Gasteiger partial charge in [-0.1, -0.05) is 0 Å². The highest BCUT2D eigenvalue weighted by molar-refractivity contribution is 5.87. The molecule has 5 nitrogen and oxygen atoms in total. The van der Waals surface area contributed by atoms with Gasteiger partial charge in [0.2, 0.25) is 11.8 Å². The Morgan fingerprint density at radius 2 is 1.88 bits per heavy atom. The van der Waals surface area contributed by atoms with Crippen LogP contribution in [-0.2, 0) is 16.0 Å². The van der Waals surface area contributed by atoms with E-state index in [0.717, 1.165) is 12.5 Å². The molecule has 1 N–H and O–H groups in total. The van der Waals surface area contributed by atoms with Crippen molar-refractivity contribution < 1.29 is 18.4 Å². The third-order valence-corrected chi connectivity index (χ3v) is 3.98. The molecule has 2 amide bonds. The zero-order chi connectivity index (χ0) is 18.8. The van der Waals surface area contributed by atoms with E-state index in [2.05, 4.69) is 5.32 Å². The van der Waals surface area contributed by atoms with E-state index in [-0.39, 0.29) is 30.4 Å². The molecular weight excluding hydrogens is 328 g/mol. The molecule has 0 unspecified atom stereocenters. The molecule has 0 aromatic heterocycles. The van der Waals surface area contributed by atoms with E-state index in [1.54, 1.807) is 11.9 Å². The summed E-state index contributed by atoms with van der Waals surface area (Å²) < 4.78 is 26.9. The van der Waals surface area contributed by atoms with Crippen LogP contribution < -0.4 is 10.2 Å². The number of carbonyl (C=O) groups excluding carboxylic acids is 2. The lowest BCUT2D eigenvalue weighted by atomic mass is 10.0. The molecule has 0 saturated heterocycles. The van der Waals surface area contributed by atoms with Crippen LogP contribution >= 0.6 is 0 Å². The summed E-state index contributed by atoms with van der Waals surface area (Å²) in [5.74, 6) is -2.28. The molecule has 138 valence electrons. The van der Waals surface area contributed by atoms with Gasteiger partial charge in [-0.3, -0.25) is 9.59 Å². The minimum absolute atomic E-state index is 0.0252. The summed E-state index contributed by atoms with van der Waals surface area (Å²) >= 11 is 0. The number of hydrogen-bond acceptors (Lipinski definition) is 3. The minimum Gasteiger partial charge on any atom is -0.362 e. The molecule has 0 bridgehead atoms. The molecule has 0 atom stereocenters. The summed E-state index contributed by atoms with van der Waals surface area (Å²) in [6.07, 6.45) is 1.42. The maximum Gasteiger partial charge on any atom is 0.242 e. The molecule has 0 radical (unpaired) electrons. The molecule has 1 aliphatic heterocycles. The van der Waals surface area contributed by atoms with Crippen molar-refractivity contribution >= 4 is 17.5 Å². The van der Waals surface area contributed by atoms with Gasteiger partial charge in [-0.2, -0.15) is 0 Å². The molecule has 1 aliphatic rings. The number of nitrogens with zero attached hydrogens (tertiary/aromatic N) is 2. The van der Waals surface area contributed by atoms with Crippen LogP contribution in [-0.4, -0.2) is 48.9 Å². The van der Waals surface area contributed by atoms with Crippen molar-refractivity contribution in [2.24, 2.45) is 0 Å². The number of amides is 2. The normalized spacial score (nSPS) is 14.1. The predicted molar refractivity (Wildman–Crippen MR) is 92.4 cm³/mol. The van der Waals surface area contributed by atoms with Crippen LogP contribution in [0.5, 0.6) is 0 Å². The van der Waals surface area contributed by atoms with Gasteiger partial charge in [0.25, 0.3) is 0 Å². The molecule has 0 saturated carbocycles. The first-order chi connectivity index (χ1) is 11.6. The Morgan fingerprint density at radius 3 is 2.52 bits per heavy atom. The Balaban J connectivity index is 2.02. The van der Waals surface area contributed by atoms with Gasteiger partial charge in [0.05, 0.1) is 13.1 Å². The molecule has 1 heterocycles. The van der Waals surface area contributed by atoms with E-state index in [1.807, 2.05) is 20.8 Å². The maximum absolute atomic E-state index is 13.6. The summed E-state index contributed by atoms with van der Waals surface area (Å²) in [5.41, 5.74) is 0.881. The van der Waals surface area contributed by atoms with Crippen LogP contribution in [0.3, 0.4) is 0 Å². The van der Waals surface area contributed by atoms with Gasteiger partial charge >= 0.3 is 0 Å². The van der Waals surface area contributed by atoms with Crippen LogP contribution in [0.1, 0.15) is 32.8 Å². The standard InChI is InChI=1S/C18H25F2N3O2/c1-18(2,3)21-16(24)10-22(4)17(25)11-23-7-5-6-12-8-13(19)14(20)9-15(12)23/h8-9H,5-7,10-11H2,1-4H3,(H,21,24). The summed E-state index contributed by atoms with van der Waals surface area (Å²) in [7, 11) is 1.56. The highest BCUT2D eigenvalue weighted by Crippen LogP contribution is 2.29. The van der Waals surface area contributed by atoms with Crippen LogP contribution in [0.2, 0.25) is 0 Å². The fraction of sp³-hybridized carbons (Fsp3) is 0.556. The third-order valence-electron chi connectivity index (χ3n) is 3.98. The van der Waals surface area contributed by atoms with Gasteiger partial charge in [-0.05, 0) is 45.2 Å². The summed E-state index contributed by atoms with van der Waals surface area (Å²) in [5, 5.41) is 2.80. The molecule has 7 heteroatoms. The van der Waals surface area contributed by atoms with E-state index in [9.17, 15) is 18.4 Å². The van der Waals surface area contributed by atoms with Crippen molar-refractivity contribution in [3.05, 3.63) is 29.3 Å². The quantitative estimate of drug-likeness (QED) is 0.902. The average molecular weight is 353 g/mol. The summed E-state index contributed by atoms with van der Waals surface area (Å²) in [6, 6.07) is 2.34. The van der Waals surface area contributed by atoms with E-state index in [0.29, 0.717) is 24.2 Å². The predicted octanol–water partition coefficient (Wildman–Crippen LogP) is 2.09. The van der Waals surface area contributed by atoms with Crippen molar-refractivity contribution in [2.45, 2.75) is 39.2 Å². The number of fused-ring (bicyclic) bond motifs is 1. The minimum atomic E-state index is -0.920. The Morgan fingerprint density at radius 1 is 1.24 bits per heavy atom. The van der Waals surface area contributed by atoms with Gasteiger partial charge in [0, 0.05) is 30.9 Å². The smallest absolute Gasteiger partial charge is 0.242 e. The van der Waals surface area contributed by atoms with Gasteiger partial charge in [-0.25, -0.2) is 8.78 Å². The lowest BCUT2D eigenvalue weighted by molar-refractivity contribution is -0.134. The third kappa shape index (κ3) is 5.14. The first-order valence-electron chi connectivity index (χ1n) is 8.34. The van der Waals surface area contributed by atoms with Gasteiger partial charge < -0.3 is 15.1 Å². The zero-order valence-electron chi connectivity index (χ0n) is 15.2. The number of nitrogens with one attached hydrogen (secondary N) is 1. The molecule has 0 spiro atoms. The fourth-order valence-corrected chi connectivity index (χ4v) is 2.86. The molecule has 2 rings (SSSR count). The lowest BCUT2D eigenvalue weighted by Crippen LogP contribution is -2.48. The second-order valence-corrected chi connectivity index (χ2v) is 7.47. The second-order valence-electron chi connectivity index (χ2n) is 7.47. The number of rotatable bonds is 4. The van der Waals surface area contributed by atoms with E-state index in [1.165, 1.54) is 11.0 Å². The Labute approximate surface area is 147 Å². The SMILES string of the molecule is CN(CC(=O)NC(C)(C)C)C(=O)CN1CCCc2cc(F)c(F)cc21. The summed E-state index contributed by atoms with van der Waals surface area (Å²) in [4.78, 5) is 27.4.